The van der Waals surface area contributed by atoms with Gasteiger partial charge in [-0.25, -0.2) is 9.37 Å². The first-order chi connectivity index (χ1) is 18.8. The second kappa shape index (κ2) is 9.93. The number of carbonyl (C=O) groups excluding carboxylic acids is 1. The van der Waals surface area contributed by atoms with Crippen LogP contribution in [0.1, 0.15) is 41.4 Å². The van der Waals surface area contributed by atoms with E-state index < -0.39 is 41.3 Å². The number of nitrogens with two attached hydrogens (primary N) is 1. The predicted octanol–water partition coefficient (Wildman–Crippen LogP) is 4.22. The van der Waals surface area contributed by atoms with Gasteiger partial charge in [0.05, 0.1) is 42.4 Å². The number of carbonyl (C=O) groups is 1. The predicted molar refractivity (Wildman–Crippen MR) is 139 cm³/mol. The van der Waals surface area contributed by atoms with E-state index in [0.29, 0.717) is 22.6 Å². The maximum absolute atomic E-state index is 14.5. The van der Waals surface area contributed by atoms with Crippen LogP contribution in [0.4, 0.5) is 23.2 Å². The minimum Gasteiger partial charge on any atom is -0.493 e. The lowest BCUT2D eigenvalue weighted by molar-refractivity contribution is -0.265. The Morgan fingerprint density at radius 3 is 2.50 bits per heavy atom. The van der Waals surface area contributed by atoms with Gasteiger partial charge in [0.15, 0.2) is 11.5 Å². The summed E-state index contributed by atoms with van der Waals surface area (Å²) in [5.74, 6) is -0.734. The Morgan fingerprint density at radius 1 is 1.18 bits per heavy atom. The first-order valence-electron chi connectivity index (χ1n) is 12.6. The summed E-state index contributed by atoms with van der Waals surface area (Å²) >= 11 is 0. The highest BCUT2D eigenvalue weighted by Crippen LogP contribution is 2.45. The molecule has 0 unspecified atom stereocenters. The fraction of sp³-hybridized carbons (Fsp3) is 0.357. The number of hydrogen-bond donors (Lipinski definition) is 4. The molecule has 12 heteroatoms. The van der Waals surface area contributed by atoms with Crippen LogP contribution >= 0.6 is 0 Å². The maximum Gasteiger partial charge on any atom is 0.424 e. The smallest absolute Gasteiger partial charge is 0.424 e. The molecule has 5 N–H and O–H groups in total. The molecule has 2 aromatic carbocycles. The number of benzene rings is 2. The third kappa shape index (κ3) is 5.16. The van der Waals surface area contributed by atoms with Crippen LogP contribution in [0, 0.1) is 5.82 Å². The first-order valence-corrected chi connectivity index (χ1v) is 12.6. The molecule has 5 rings (SSSR count). The largest absolute Gasteiger partial charge is 0.493 e. The molecule has 1 fully saturated rings. The summed E-state index contributed by atoms with van der Waals surface area (Å²) in [7, 11) is 1.39. The molecule has 1 aliphatic carbocycles. The Balaban J connectivity index is 1.49. The summed E-state index contributed by atoms with van der Waals surface area (Å²) in [5.41, 5.74) is 1.99. The second-order valence-corrected chi connectivity index (χ2v) is 10.3. The van der Waals surface area contributed by atoms with E-state index in [-0.39, 0.29) is 29.7 Å². The molecule has 1 saturated carbocycles. The van der Waals surface area contributed by atoms with Gasteiger partial charge in [-0.2, -0.15) is 13.2 Å². The van der Waals surface area contributed by atoms with Crippen LogP contribution < -0.4 is 25.8 Å². The van der Waals surface area contributed by atoms with Crippen molar-refractivity contribution in [3.05, 3.63) is 71.2 Å². The van der Waals surface area contributed by atoms with Crippen molar-refractivity contribution in [3.63, 3.8) is 0 Å². The third-order valence-corrected chi connectivity index (χ3v) is 7.03. The zero-order chi connectivity index (χ0) is 28.9. The van der Waals surface area contributed by atoms with Gasteiger partial charge in [-0.05, 0) is 68.3 Å². The Kier molecular flexibility index (Phi) is 6.87. The fourth-order valence-electron chi connectivity index (χ4n) is 4.49. The molecule has 2 aliphatic rings. The highest BCUT2D eigenvalue weighted by molar-refractivity contribution is 5.95. The number of anilines is 1. The summed E-state index contributed by atoms with van der Waals surface area (Å²) in [6.07, 6.45) is -3.36. The molecule has 1 amide bonds. The normalized spacial score (nSPS) is 19.8. The van der Waals surface area contributed by atoms with E-state index >= 15 is 0 Å². The summed E-state index contributed by atoms with van der Waals surface area (Å²) in [6.45, 7) is 0.592. The van der Waals surface area contributed by atoms with Crippen LogP contribution in [-0.2, 0) is 11.1 Å². The van der Waals surface area contributed by atoms with Crippen LogP contribution in [0.5, 0.6) is 11.5 Å². The minimum absolute atomic E-state index is 0.0113. The van der Waals surface area contributed by atoms with Crippen LogP contribution in [0.25, 0.3) is 11.3 Å². The number of halogens is 4. The van der Waals surface area contributed by atoms with Crippen molar-refractivity contribution in [1.82, 2.24) is 10.3 Å². The average Bonchev–Trinajstić information content (AvgIpc) is 3.68. The lowest BCUT2D eigenvalue weighted by Gasteiger charge is -2.31. The monoisotopic (exact) mass is 560 g/mol. The number of fused-ring (bicyclic) bond motifs is 1. The molecule has 1 aliphatic heterocycles. The summed E-state index contributed by atoms with van der Waals surface area (Å²) < 4.78 is 68.1. The zero-order valence-corrected chi connectivity index (χ0v) is 21.7. The number of alkyl halides is 3. The zero-order valence-electron chi connectivity index (χ0n) is 21.7. The lowest BCUT2D eigenvalue weighted by atomic mass is 9.89. The summed E-state index contributed by atoms with van der Waals surface area (Å²) in [6, 6.07) is 10.4. The molecular weight excluding hydrogens is 532 g/mol. The number of amides is 1. The standard InChI is InChI=1S/C28H28F4N4O4/c1-26(33)13-34-24-19(26)12-22(36-23(24)15-3-6-17(29)7-4-15)27(38,28(30,31)32)14-35-25(37)16-5-10-20(21(11-16)39-2)40-18-8-9-18/h3-7,10-12,18,34,38H,8-9,13-14,33H2,1-2H3,(H,35,37)/t26-,27-/m1/s1. The molecule has 1 aromatic heterocycles. The number of nitrogens with one attached hydrogen (secondary N) is 2. The van der Waals surface area contributed by atoms with Crippen molar-refractivity contribution in [2.24, 2.45) is 5.73 Å². The molecule has 0 radical (unpaired) electrons. The molecule has 2 heterocycles. The number of pyridine rings is 1. The SMILES string of the molecule is COc1cc(C(=O)NC[C@@](O)(c2cc3c(c(-c4ccc(F)cc4)n2)NC[C@@]3(C)N)C(F)(F)F)ccc1OC1CC1. The van der Waals surface area contributed by atoms with Gasteiger partial charge < -0.3 is 30.9 Å². The summed E-state index contributed by atoms with van der Waals surface area (Å²) in [4.78, 5) is 17.1. The van der Waals surface area contributed by atoms with Crippen LogP contribution in [-0.4, -0.2) is 48.5 Å². The van der Waals surface area contributed by atoms with Gasteiger partial charge in [0.2, 0.25) is 5.60 Å². The highest BCUT2D eigenvalue weighted by atomic mass is 19.4. The maximum atomic E-state index is 14.5. The van der Waals surface area contributed by atoms with Crippen LogP contribution in [0.2, 0.25) is 0 Å². The van der Waals surface area contributed by atoms with Crippen LogP contribution in [0.3, 0.4) is 0 Å². The number of aliphatic hydroxyl groups is 1. The molecule has 0 spiro atoms. The number of hydrogen-bond acceptors (Lipinski definition) is 7. The fourth-order valence-corrected chi connectivity index (χ4v) is 4.49. The quantitative estimate of drug-likeness (QED) is 0.305. The van der Waals surface area contributed by atoms with Gasteiger partial charge in [-0.15, -0.1) is 0 Å². The number of aromatic nitrogens is 1. The van der Waals surface area contributed by atoms with Crippen molar-refractivity contribution in [2.75, 3.05) is 25.5 Å². The minimum atomic E-state index is -5.24. The van der Waals surface area contributed by atoms with E-state index in [1.54, 1.807) is 6.92 Å². The van der Waals surface area contributed by atoms with Crippen molar-refractivity contribution in [2.45, 2.75) is 43.2 Å². The Labute approximate surface area is 227 Å². The van der Waals surface area contributed by atoms with Crippen molar-refractivity contribution >= 4 is 11.6 Å². The summed E-state index contributed by atoms with van der Waals surface area (Å²) in [5, 5.41) is 16.4. The third-order valence-electron chi connectivity index (χ3n) is 7.03. The lowest BCUT2D eigenvalue weighted by Crippen LogP contribution is -2.51. The molecule has 0 bridgehead atoms. The van der Waals surface area contributed by atoms with E-state index in [4.69, 9.17) is 15.2 Å². The highest BCUT2D eigenvalue weighted by Gasteiger charge is 2.57. The molecular formula is C28H28F4N4O4. The number of ether oxygens (including phenoxy) is 2. The number of nitrogens with zero attached hydrogens (tertiary/aromatic N) is 1. The van der Waals surface area contributed by atoms with Gasteiger partial charge in [-0.1, -0.05) is 0 Å². The molecule has 8 nitrogen and oxygen atoms in total. The number of rotatable bonds is 8. The Hall–Kier alpha value is -3.90. The van der Waals surface area contributed by atoms with Gasteiger partial charge >= 0.3 is 6.18 Å². The Bertz CT molecular complexity index is 1440. The molecule has 0 saturated heterocycles. The van der Waals surface area contributed by atoms with E-state index in [2.05, 4.69) is 15.6 Å². The van der Waals surface area contributed by atoms with Crippen LogP contribution in [0.15, 0.2) is 48.5 Å². The average molecular weight is 561 g/mol. The van der Waals surface area contributed by atoms with E-state index in [1.165, 1.54) is 37.4 Å². The van der Waals surface area contributed by atoms with Gasteiger partial charge in [0.1, 0.15) is 5.82 Å². The topological polar surface area (TPSA) is 119 Å². The first kappa shape index (κ1) is 27.7. The van der Waals surface area contributed by atoms with E-state index in [1.807, 2.05) is 0 Å². The van der Waals surface area contributed by atoms with Gasteiger partial charge in [0.25, 0.3) is 5.91 Å². The molecule has 3 aromatic rings. The Morgan fingerprint density at radius 2 is 1.88 bits per heavy atom. The van der Waals surface area contributed by atoms with Crippen molar-refractivity contribution in [1.29, 1.82) is 0 Å². The molecule has 212 valence electrons. The van der Waals surface area contributed by atoms with E-state index in [0.717, 1.165) is 31.0 Å². The molecule has 2 atom stereocenters. The second-order valence-electron chi connectivity index (χ2n) is 10.3. The van der Waals surface area contributed by atoms with E-state index in [9.17, 15) is 27.5 Å². The molecule has 40 heavy (non-hydrogen) atoms. The van der Waals surface area contributed by atoms with Crippen molar-refractivity contribution < 1.29 is 36.9 Å². The number of methoxy groups -OCH3 is 1. The van der Waals surface area contributed by atoms with Gasteiger partial charge in [-0.3, -0.25) is 4.79 Å². The van der Waals surface area contributed by atoms with Crippen molar-refractivity contribution in [3.8, 4) is 22.8 Å². The van der Waals surface area contributed by atoms with Gasteiger partial charge in [0, 0.05) is 23.2 Å².